The topological polar surface area (TPSA) is 29.5 Å². The summed E-state index contributed by atoms with van der Waals surface area (Å²) in [5.41, 5.74) is 3.11. The molecule has 168 valence electrons. The minimum atomic E-state index is -0.407. The summed E-state index contributed by atoms with van der Waals surface area (Å²) in [5, 5.41) is 0. The zero-order chi connectivity index (χ0) is 21.7. The Morgan fingerprint density at radius 2 is 1.28 bits per heavy atom. The second kappa shape index (κ2) is 10.8. The number of carbonyl (C=O) groups excluding carboxylic acids is 1. The van der Waals surface area contributed by atoms with Gasteiger partial charge in [-0.3, -0.25) is 4.79 Å². The van der Waals surface area contributed by atoms with Crippen LogP contribution in [0.5, 0.6) is 0 Å². The van der Waals surface area contributed by atoms with E-state index in [1.54, 1.807) is 0 Å². The van der Waals surface area contributed by atoms with Crippen LogP contribution in [0.4, 0.5) is 0 Å². The molecule has 0 aliphatic heterocycles. The maximum atomic E-state index is 13.5. The molecule has 2 unspecified atom stereocenters. The first-order valence-corrected chi connectivity index (χ1v) is 11.3. The lowest BCUT2D eigenvalue weighted by molar-refractivity contribution is -0.146. The molecule has 1 fully saturated rings. The van der Waals surface area contributed by atoms with Crippen molar-refractivity contribution in [1.29, 1.82) is 0 Å². The van der Waals surface area contributed by atoms with Crippen LogP contribution in [0.15, 0.2) is 91.0 Å². The molecule has 0 radical (unpaired) electrons. The number of carbonyl (C=O) groups is 1. The SMILES string of the molecule is CCN(CC)CCOC(=O)C1C(c2ccccc2)C1(c1ccccc1)c1ccccc1.Cl. The number of hydrogen-bond acceptors (Lipinski definition) is 3. The smallest absolute Gasteiger partial charge is 0.310 e. The molecule has 0 bridgehead atoms. The van der Waals surface area contributed by atoms with E-state index < -0.39 is 5.41 Å². The summed E-state index contributed by atoms with van der Waals surface area (Å²) >= 11 is 0. The lowest BCUT2D eigenvalue weighted by Crippen LogP contribution is -2.28. The van der Waals surface area contributed by atoms with Crippen LogP contribution in [-0.2, 0) is 14.9 Å². The molecule has 1 aliphatic rings. The molecule has 32 heavy (non-hydrogen) atoms. The molecule has 1 aliphatic carbocycles. The minimum absolute atomic E-state index is 0. The quantitative estimate of drug-likeness (QED) is 0.393. The Labute approximate surface area is 197 Å². The Balaban J connectivity index is 0.00000289. The van der Waals surface area contributed by atoms with Gasteiger partial charge in [0.1, 0.15) is 6.61 Å². The van der Waals surface area contributed by atoms with Crippen molar-refractivity contribution in [3.8, 4) is 0 Å². The normalized spacial score (nSPS) is 18.6. The molecule has 0 amide bonds. The molecule has 0 spiro atoms. The fourth-order valence-electron chi connectivity index (χ4n) is 5.04. The molecule has 0 heterocycles. The van der Waals surface area contributed by atoms with E-state index in [1.807, 2.05) is 18.2 Å². The van der Waals surface area contributed by atoms with Crippen molar-refractivity contribution in [2.45, 2.75) is 25.2 Å². The lowest BCUT2D eigenvalue weighted by atomic mass is 9.83. The Kier molecular flexibility index (Phi) is 8.11. The standard InChI is InChI=1S/C28H31NO2.ClH/c1-3-29(4-2)20-21-31-27(30)26-25(22-14-8-5-9-15-22)28(26,23-16-10-6-11-17-23)24-18-12-7-13-19-24;/h5-19,25-26H,3-4,20-21H2,1-2H3;1H. The van der Waals surface area contributed by atoms with Gasteiger partial charge in [-0.15, -0.1) is 12.4 Å². The van der Waals surface area contributed by atoms with E-state index in [0.717, 1.165) is 19.6 Å². The van der Waals surface area contributed by atoms with E-state index in [4.69, 9.17) is 4.74 Å². The Bertz CT molecular complexity index is 935. The number of nitrogens with zero attached hydrogens (tertiary/aromatic N) is 1. The molecule has 4 heteroatoms. The van der Waals surface area contributed by atoms with Crippen LogP contribution in [0.1, 0.15) is 36.5 Å². The van der Waals surface area contributed by atoms with Crippen LogP contribution < -0.4 is 0 Å². The number of halogens is 1. The summed E-state index contributed by atoms with van der Waals surface area (Å²) in [6.07, 6.45) is 0. The largest absolute Gasteiger partial charge is 0.464 e. The highest BCUT2D eigenvalue weighted by Gasteiger charge is 2.70. The maximum absolute atomic E-state index is 13.5. The fraction of sp³-hybridized carbons (Fsp3) is 0.321. The molecule has 4 rings (SSSR count). The predicted octanol–water partition coefficient (Wildman–Crippen LogP) is 5.69. The molecule has 3 nitrogen and oxygen atoms in total. The van der Waals surface area contributed by atoms with Gasteiger partial charge in [0.2, 0.25) is 0 Å². The average molecular weight is 450 g/mol. The second-order valence-corrected chi connectivity index (χ2v) is 8.16. The zero-order valence-electron chi connectivity index (χ0n) is 18.8. The number of hydrogen-bond donors (Lipinski definition) is 0. The van der Waals surface area contributed by atoms with E-state index in [9.17, 15) is 4.79 Å². The molecule has 3 aromatic rings. The number of likely N-dealkylation sites (N-methyl/N-ethyl adjacent to an activating group) is 1. The van der Waals surface area contributed by atoms with Gasteiger partial charge in [-0.1, -0.05) is 105 Å². The van der Waals surface area contributed by atoms with E-state index in [1.165, 1.54) is 16.7 Å². The summed E-state index contributed by atoms with van der Waals surface area (Å²) in [4.78, 5) is 15.7. The van der Waals surface area contributed by atoms with Gasteiger partial charge in [-0.25, -0.2) is 0 Å². The third-order valence-electron chi connectivity index (χ3n) is 6.67. The highest BCUT2D eigenvalue weighted by Crippen LogP contribution is 2.69. The minimum Gasteiger partial charge on any atom is -0.464 e. The third-order valence-corrected chi connectivity index (χ3v) is 6.67. The third kappa shape index (κ3) is 4.46. The van der Waals surface area contributed by atoms with Gasteiger partial charge in [0.05, 0.1) is 5.92 Å². The summed E-state index contributed by atoms with van der Waals surface area (Å²) in [6, 6.07) is 31.3. The first-order chi connectivity index (χ1) is 15.2. The maximum Gasteiger partial charge on any atom is 0.310 e. The van der Waals surface area contributed by atoms with Gasteiger partial charge in [0, 0.05) is 17.9 Å². The number of ether oxygens (including phenoxy) is 1. The lowest BCUT2D eigenvalue weighted by Gasteiger charge is -2.21. The van der Waals surface area contributed by atoms with E-state index >= 15 is 0 Å². The average Bonchev–Trinajstić information content (AvgIpc) is 3.55. The number of benzene rings is 3. The number of esters is 1. The van der Waals surface area contributed by atoms with Crippen LogP contribution in [0, 0.1) is 5.92 Å². The highest BCUT2D eigenvalue weighted by atomic mass is 35.5. The van der Waals surface area contributed by atoms with Crippen LogP contribution in [0.3, 0.4) is 0 Å². The molecule has 1 saturated carbocycles. The summed E-state index contributed by atoms with van der Waals surface area (Å²) in [5.74, 6) is -0.287. The summed E-state index contributed by atoms with van der Waals surface area (Å²) in [6.45, 7) is 7.38. The molecule has 3 aromatic carbocycles. The van der Waals surface area contributed by atoms with Crippen LogP contribution >= 0.6 is 12.4 Å². The summed E-state index contributed by atoms with van der Waals surface area (Å²) in [7, 11) is 0. The van der Waals surface area contributed by atoms with Crippen molar-refractivity contribution in [2.75, 3.05) is 26.2 Å². The van der Waals surface area contributed by atoms with Gasteiger partial charge in [-0.05, 0) is 29.8 Å². The van der Waals surface area contributed by atoms with E-state index in [0.29, 0.717) is 6.61 Å². The Morgan fingerprint density at radius 1 is 0.812 bits per heavy atom. The van der Waals surface area contributed by atoms with E-state index in [2.05, 4.69) is 91.5 Å². The first kappa shape index (κ1) is 24.0. The van der Waals surface area contributed by atoms with Crippen molar-refractivity contribution in [3.63, 3.8) is 0 Å². The van der Waals surface area contributed by atoms with Gasteiger partial charge in [-0.2, -0.15) is 0 Å². The van der Waals surface area contributed by atoms with Crippen molar-refractivity contribution < 1.29 is 9.53 Å². The monoisotopic (exact) mass is 449 g/mol. The van der Waals surface area contributed by atoms with Crippen LogP contribution in [0.2, 0.25) is 0 Å². The fourth-order valence-corrected chi connectivity index (χ4v) is 5.04. The van der Waals surface area contributed by atoms with Crippen LogP contribution in [-0.4, -0.2) is 37.1 Å². The Hall–Kier alpha value is -2.62. The zero-order valence-corrected chi connectivity index (χ0v) is 19.6. The van der Waals surface area contributed by atoms with Crippen LogP contribution in [0.25, 0.3) is 0 Å². The van der Waals surface area contributed by atoms with Gasteiger partial charge >= 0.3 is 5.97 Å². The van der Waals surface area contributed by atoms with Gasteiger partial charge in [0.15, 0.2) is 0 Å². The molecule has 0 N–H and O–H groups in total. The van der Waals surface area contributed by atoms with Gasteiger partial charge < -0.3 is 9.64 Å². The molecular weight excluding hydrogens is 418 g/mol. The molecule has 0 saturated heterocycles. The Morgan fingerprint density at radius 3 is 1.75 bits per heavy atom. The molecule has 2 atom stereocenters. The molecule has 0 aromatic heterocycles. The molecular formula is C28H32ClNO2. The van der Waals surface area contributed by atoms with Crippen molar-refractivity contribution in [1.82, 2.24) is 4.90 Å². The second-order valence-electron chi connectivity index (χ2n) is 8.16. The van der Waals surface area contributed by atoms with Crippen molar-refractivity contribution >= 4 is 18.4 Å². The highest BCUT2D eigenvalue weighted by molar-refractivity contribution is 5.85. The predicted molar refractivity (Wildman–Crippen MR) is 132 cm³/mol. The van der Waals surface area contributed by atoms with Gasteiger partial charge in [0.25, 0.3) is 0 Å². The van der Waals surface area contributed by atoms with Crippen molar-refractivity contribution in [2.24, 2.45) is 5.92 Å². The van der Waals surface area contributed by atoms with E-state index in [-0.39, 0.29) is 30.2 Å². The van der Waals surface area contributed by atoms with Crippen molar-refractivity contribution in [3.05, 3.63) is 108 Å². The number of rotatable bonds is 9. The first-order valence-electron chi connectivity index (χ1n) is 11.3. The summed E-state index contributed by atoms with van der Waals surface area (Å²) < 4.78 is 5.87.